The molecule has 6 heteroatoms. The van der Waals surface area contributed by atoms with Gasteiger partial charge in [0.2, 0.25) is 0 Å². The first-order valence-corrected chi connectivity index (χ1v) is 13.7. The van der Waals surface area contributed by atoms with Crippen molar-refractivity contribution in [3.8, 4) is 0 Å². The Bertz CT molecular complexity index is 1480. The number of aryl methyl sites for hydroxylation is 1. The molecule has 1 heterocycles. The van der Waals surface area contributed by atoms with Gasteiger partial charge in [0.25, 0.3) is 0 Å². The fraction of sp³-hybridized carbons (Fsp3) is 0.273. The molecule has 2 rings (SSSR count). The second kappa shape index (κ2) is 14.0. The summed E-state index contributed by atoms with van der Waals surface area (Å²) in [6.07, 6.45) is 8.86. The molecule has 0 saturated carbocycles. The molecule has 0 aliphatic rings. The first kappa shape index (κ1) is 31.7. The van der Waals surface area contributed by atoms with Crippen molar-refractivity contribution in [2.24, 2.45) is 5.92 Å². The zero-order valence-electron chi connectivity index (χ0n) is 24.1. The third-order valence-corrected chi connectivity index (χ3v) is 7.50. The van der Waals surface area contributed by atoms with E-state index in [2.05, 4.69) is 40.5 Å². The van der Waals surface area contributed by atoms with Crippen LogP contribution in [0.15, 0.2) is 104 Å². The highest BCUT2D eigenvalue weighted by molar-refractivity contribution is 8.06. The number of allylic oxidation sites excluding steroid dienone is 10. The maximum Gasteiger partial charge on any atom is 0.330 e. The van der Waals surface area contributed by atoms with Gasteiger partial charge in [0.05, 0.1) is 5.39 Å². The minimum Gasteiger partial charge on any atom is -0.478 e. The molecule has 4 nitrogen and oxygen atoms in total. The third kappa shape index (κ3) is 8.49. The van der Waals surface area contributed by atoms with Gasteiger partial charge < -0.3 is 9.52 Å². The number of hydrogen-bond acceptors (Lipinski definition) is 4. The summed E-state index contributed by atoms with van der Waals surface area (Å²) >= 11 is 1.66. The van der Waals surface area contributed by atoms with Gasteiger partial charge >= 0.3 is 5.97 Å². The number of thioether (sulfide) groups is 1. The number of carboxylic acid groups (broad SMARTS) is 1. The molecule has 39 heavy (non-hydrogen) atoms. The smallest absolute Gasteiger partial charge is 0.330 e. The van der Waals surface area contributed by atoms with Crippen molar-refractivity contribution in [2.75, 3.05) is 0 Å². The topological polar surface area (TPSA) is 67.5 Å². The highest BCUT2D eigenvalue weighted by Gasteiger charge is 2.20. The number of fused-ring (bicyclic) bond motifs is 1. The van der Waals surface area contributed by atoms with Gasteiger partial charge in [-0.1, -0.05) is 94.2 Å². The average molecular weight is 542 g/mol. The molecule has 1 radical (unpaired) electrons. The maximum atomic E-state index is 13.2. The lowest BCUT2D eigenvalue weighted by molar-refractivity contribution is -0.132. The van der Waals surface area contributed by atoms with Crippen LogP contribution in [0.2, 0.25) is 0 Å². The number of benzene rings is 1. The Kier molecular flexibility index (Phi) is 11.4. The van der Waals surface area contributed by atoms with Crippen molar-refractivity contribution in [1.82, 2.24) is 0 Å². The second-order valence-corrected chi connectivity index (χ2v) is 11.3. The van der Waals surface area contributed by atoms with Gasteiger partial charge in [0, 0.05) is 17.2 Å². The van der Waals surface area contributed by atoms with E-state index in [0.717, 1.165) is 21.6 Å². The van der Waals surface area contributed by atoms with E-state index in [1.165, 1.54) is 11.0 Å². The fourth-order valence-electron chi connectivity index (χ4n) is 4.12. The maximum absolute atomic E-state index is 13.2. The average Bonchev–Trinajstić information content (AvgIpc) is 2.86. The van der Waals surface area contributed by atoms with Crippen molar-refractivity contribution in [3.05, 3.63) is 122 Å². The lowest BCUT2D eigenvalue weighted by Crippen LogP contribution is -2.13. The molecular formula is C33H38BO4S. The summed E-state index contributed by atoms with van der Waals surface area (Å²) in [5, 5.41) is 10.0. The monoisotopic (exact) mass is 541 g/mol. The third-order valence-electron chi connectivity index (χ3n) is 6.14. The normalized spacial score (nSPS) is 13.9. The van der Waals surface area contributed by atoms with Gasteiger partial charge in [-0.25, -0.2) is 4.79 Å². The van der Waals surface area contributed by atoms with Gasteiger partial charge in [0.1, 0.15) is 11.3 Å². The zero-order valence-corrected chi connectivity index (χ0v) is 24.9. The SMILES string of the molecule is C=C/C=C\C([B]C(C)c1cc(C)cc2c(=O)cc(C(=C)/C=C\C(C)=C(\SC(=C)C)C(C)C)oc12)=C(/C)C(=O)O. The summed E-state index contributed by atoms with van der Waals surface area (Å²) in [6.45, 7) is 25.6. The van der Waals surface area contributed by atoms with Crippen molar-refractivity contribution >= 4 is 41.6 Å². The Hall–Kier alpha value is -3.51. The summed E-state index contributed by atoms with van der Waals surface area (Å²) < 4.78 is 6.31. The molecule has 1 aromatic carbocycles. The number of hydrogen-bond donors (Lipinski definition) is 1. The standard InChI is InChI=1S/C33H38BO4S/c1-11-12-13-28(24(9)33(36)37)34-25(10)26-16-21(6)17-27-29(35)18-30(38-31(26)27)22(7)14-15-23(8)32(19(2)3)39-20(4)5/h11-19,25H,1,4,7H2,2-3,5-6,8-10H3,(H,36,37)/b13-12-,15-14-,28-24-,32-23+. The van der Waals surface area contributed by atoms with Crippen LogP contribution in [0.25, 0.3) is 16.5 Å². The van der Waals surface area contributed by atoms with Crippen LogP contribution in [-0.2, 0) is 4.79 Å². The van der Waals surface area contributed by atoms with Crippen molar-refractivity contribution < 1.29 is 14.3 Å². The molecule has 0 fully saturated rings. The first-order valence-electron chi connectivity index (χ1n) is 12.8. The predicted octanol–water partition coefficient (Wildman–Crippen LogP) is 8.73. The van der Waals surface area contributed by atoms with E-state index in [-0.39, 0.29) is 16.8 Å². The van der Waals surface area contributed by atoms with E-state index in [0.29, 0.717) is 33.7 Å². The minimum absolute atomic E-state index is 0.157. The molecule has 1 N–H and O–H groups in total. The van der Waals surface area contributed by atoms with Crippen LogP contribution in [0.5, 0.6) is 0 Å². The van der Waals surface area contributed by atoms with Crippen molar-refractivity contribution in [1.29, 1.82) is 0 Å². The van der Waals surface area contributed by atoms with Crippen LogP contribution in [0, 0.1) is 12.8 Å². The van der Waals surface area contributed by atoms with E-state index >= 15 is 0 Å². The van der Waals surface area contributed by atoms with E-state index < -0.39 is 5.97 Å². The number of aliphatic carboxylic acids is 1. The van der Waals surface area contributed by atoms with Gasteiger partial charge in [0.15, 0.2) is 12.7 Å². The Labute approximate surface area is 237 Å². The van der Waals surface area contributed by atoms with Crippen LogP contribution in [-0.4, -0.2) is 18.4 Å². The summed E-state index contributed by atoms with van der Waals surface area (Å²) in [6, 6.07) is 5.26. The quantitative estimate of drug-likeness (QED) is 0.165. The fourth-order valence-corrected chi connectivity index (χ4v) is 4.96. The lowest BCUT2D eigenvalue weighted by atomic mass is 9.55. The van der Waals surface area contributed by atoms with E-state index in [1.54, 1.807) is 36.9 Å². The number of rotatable bonds is 12. The molecule has 0 saturated heterocycles. The Morgan fingerprint density at radius 1 is 1.08 bits per heavy atom. The number of carbonyl (C=O) groups is 1. The second-order valence-electron chi connectivity index (χ2n) is 10.0. The van der Waals surface area contributed by atoms with Crippen LogP contribution in [0.4, 0.5) is 0 Å². The van der Waals surface area contributed by atoms with Crippen molar-refractivity contribution in [3.63, 3.8) is 0 Å². The Morgan fingerprint density at radius 2 is 1.74 bits per heavy atom. The molecule has 1 aromatic heterocycles. The molecule has 0 aliphatic carbocycles. The van der Waals surface area contributed by atoms with Gasteiger partial charge in [-0.2, -0.15) is 0 Å². The summed E-state index contributed by atoms with van der Waals surface area (Å²) in [5.74, 6) is -0.514. The largest absolute Gasteiger partial charge is 0.478 e. The molecule has 2 aromatic rings. The molecule has 0 aliphatic heterocycles. The summed E-state index contributed by atoms with van der Waals surface area (Å²) in [4.78, 5) is 27.1. The van der Waals surface area contributed by atoms with E-state index in [1.807, 2.05) is 52.3 Å². The summed E-state index contributed by atoms with van der Waals surface area (Å²) in [7, 11) is 1.86. The van der Waals surface area contributed by atoms with Crippen LogP contribution in [0.3, 0.4) is 0 Å². The number of carboxylic acids is 1. The van der Waals surface area contributed by atoms with Crippen molar-refractivity contribution in [2.45, 2.75) is 54.3 Å². The molecule has 0 amide bonds. The first-order chi connectivity index (χ1) is 18.3. The Balaban J connectivity index is 2.60. The molecule has 1 atom stereocenters. The lowest BCUT2D eigenvalue weighted by Gasteiger charge is -2.16. The molecular weight excluding hydrogens is 503 g/mol. The zero-order chi connectivity index (χ0) is 29.4. The van der Waals surface area contributed by atoms with Gasteiger partial charge in [-0.3, -0.25) is 4.79 Å². The predicted molar refractivity (Wildman–Crippen MR) is 169 cm³/mol. The molecule has 1 unspecified atom stereocenters. The molecule has 0 bridgehead atoms. The van der Waals surface area contributed by atoms with E-state index in [9.17, 15) is 14.7 Å². The van der Waals surface area contributed by atoms with Crippen LogP contribution >= 0.6 is 11.8 Å². The van der Waals surface area contributed by atoms with Crippen LogP contribution in [0.1, 0.15) is 64.2 Å². The molecule has 0 spiro atoms. The van der Waals surface area contributed by atoms with E-state index in [4.69, 9.17) is 4.42 Å². The highest BCUT2D eigenvalue weighted by atomic mass is 32.2. The minimum atomic E-state index is -1.00. The van der Waals surface area contributed by atoms with Gasteiger partial charge in [-0.05, 0) is 72.0 Å². The van der Waals surface area contributed by atoms with Crippen LogP contribution < -0.4 is 5.43 Å². The summed E-state index contributed by atoms with van der Waals surface area (Å²) in [5.41, 5.74) is 4.47. The van der Waals surface area contributed by atoms with Gasteiger partial charge in [-0.15, -0.1) is 0 Å². The molecule has 203 valence electrons. The Morgan fingerprint density at radius 3 is 2.31 bits per heavy atom. The highest BCUT2D eigenvalue weighted by Crippen LogP contribution is 2.33.